The van der Waals surface area contributed by atoms with Gasteiger partial charge in [0.05, 0.1) is 10.4 Å². The van der Waals surface area contributed by atoms with Gasteiger partial charge in [0.1, 0.15) is 4.88 Å². The summed E-state index contributed by atoms with van der Waals surface area (Å²) in [5.41, 5.74) is 6.55. The molecule has 0 aliphatic rings. The van der Waals surface area contributed by atoms with Gasteiger partial charge in [0.25, 0.3) is 5.91 Å². The van der Waals surface area contributed by atoms with E-state index in [-0.39, 0.29) is 5.91 Å². The summed E-state index contributed by atoms with van der Waals surface area (Å²) < 4.78 is 0.941. The Morgan fingerprint density at radius 1 is 1.58 bits per heavy atom. The van der Waals surface area contributed by atoms with Gasteiger partial charge in [0.15, 0.2) is 0 Å². The fourth-order valence-corrected chi connectivity index (χ4v) is 2.74. The van der Waals surface area contributed by atoms with Gasteiger partial charge in [-0.1, -0.05) is 6.92 Å². The van der Waals surface area contributed by atoms with Crippen LogP contribution in [0.2, 0.25) is 0 Å². The highest BCUT2D eigenvalue weighted by Gasteiger charge is 2.15. The zero-order valence-electron chi connectivity index (χ0n) is 11.1. The highest BCUT2D eigenvalue weighted by atomic mass is 32.1. The number of nitrogens with one attached hydrogen (secondary N) is 1. The normalized spacial score (nSPS) is 11.1. The molecule has 0 spiro atoms. The summed E-state index contributed by atoms with van der Waals surface area (Å²) in [4.78, 5) is 18.8. The molecule has 0 unspecified atom stereocenters. The largest absolute Gasteiger partial charge is 0.397 e. The average molecular weight is 278 g/mol. The Labute approximate surface area is 116 Å². The smallest absolute Gasteiger partial charge is 0.263 e. The second-order valence-corrected chi connectivity index (χ2v) is 5.42. The first-order valence-electron chi connectivity index (χ1n) is 6.22. The number of hydrogen-bond donors (Lipinski definition) is 2. The van der Waals surface area contributed by atoms with Crippen molar-refractivity contribution in [3.63, 3.8) is 0 Å². The van der Waals surface area contributed by atoms with Crippen LogP contribution in [0.25, 0.3) is 10.1 Å². The monoisotopic (exact) mass is 278 g/mol. The molecular formula is C13H18N4OS. The first kappa shape index (κ1) is 13.8. The molecule has 2 heterocycles. The number of likely N-dealkylation sites (N-methyl/N-ethyl adjacent to an activating group) is 1. The van der Waals surface area contributed by atoms with Crippen LogP contribution in [0, 0.1) is 0 Å². The summed E-state index contributed by atoms with van der Waals surface area (Å²) in [5, 5.41) is 3.79. The van der Waals surface area contributed by atoms with Gasteiger partial charge in [0, 0.05) is 30.9 Å². The number of nitrogens with two attached hydrogens (primary N) is 1. The van der Waals surface area contributed by atoms with Crippen molar-refractivity contribution >= 4 is 33.0 Å². The van der Waals surface area contributed by atoms with Crippen molar-refractivity contribution in [2.24, 2.45) is 0 Å². The molecule has 3 N–H and O–H groups in total. The Bertz CT molecular complexity index is 581. The van der Waals surface area contributed by atoms with Crippen molar-refractivity contribution in [1.29, 1.82) is 0 Å². The molecule has 19 heavy (non-hydrogen) atoms. The summed E-state index contributed by atoms with van der Waals surface area (Å²) in [6.45, 7) is 4.50. The second kappa shape index (κ2) is 5.99. The van der Waals surface area contributed by atoms with E-state index in [9.17, 15) is 4.79 Å². The number of thiophene rings is 1. The predicted octanol–water partition coefficient (Wildman–Crippen LogP) is 1.56. The van der Waals surface area contributed by atoms with E-state index >= 15 is 0 Å². The Morgan fingerprint density at radius 2 is 2.37 bits per heavy atom. The van der Waals surface area contributed by atoms with E-state index in [2.05, 4.69) is 22.1 Å². The summed E-state index contributed by atoms with van der Waals surface area (Å²) in [5.74, 6) is -0.108. The molecule has 0 fully saturated rings. The van der Waals surface area contributed by atoms with Crippen molar-refractivity contribution < 1.29 is 4.79 Å². The van der Waals surface area contributed by atoms with Crippen molar-refractivity contribution in [3.05, 3.63) is 23.3 Å². The Hall–Kier alpha value is -1.66. The molecule has 0 aromatic carbocycles. The van der Waals surface area contributed by atoms with Gasteiger partial charge in [-0.25, -0.2) is 0 Å². The molecular weight excluding hydrogens is 260 g/mol. The lowest BCUT2D eigenvalue weighted by Crippen LogP contribution is -2.32. The lowest BCUT2D eigenvalue weighted by molar-refractivity contribution is 0.0955. The third-order valence-corrected chi connectivity index (χ3v) is 4.21. The van der Waals surface area contributed by atoms with E-state index in [1.807, 2.05) is 13.1 Å². The van der Waals surface area contributed by atoms with Crippen LogP contribution in [0.4, 0.5) is 5.69 Å². The molecule has 5 nitrogen and oxygen atoms in total. The van der Waals surface area contributed by atoms with E-state index < -0.39 is 0 Å². The zero-order chi connectivity index (χ0) is 13.8. The van der Waals surface area contributed by atoms with Gasteiger partial charge in [-0.05, 0) is 19.7 Å². The molecule has 0 saturated heterocycles. The fraction of sp³-hybridized carbons (Fsp3) is 0.385. The second-order valence-electron chi connectivity index (χ2n) is 4.37. The lowest BCUT2D eigenvalue weighted by atomic mass is 10.2. The number of carbonyl (C=O) groups excluding carboxylic acids is 1. The Kier molecular flexibility index (Phi) is 4.34. The molecule has 0 radical (unpaired) electrons. The van der Waals surface area contributed by atoms with Crippen molar-refractivity contribution in [1.82, 2.24) is 15.2 Å². The molecule has 2 rings (SSSR count). The van der Waals surface area contributed by atoms with E-state index in [1.54, 1.807) is 12.4 Å². The summed E-state index contributed by atoms with van der Waals surface area (Å²) in [6.07, 6.45) is 3.42. The molecule has 1 amide bonds. The van der Waals surface area contributed by atoms with Gasteiger partial charge in [-0.15, -0.1) is 11.3 Å². The molecule has 2 aromatic rings. The highest BCUT2D eigenvalue weighted by molar-refractivity contribution is 7.21. The van der Waals surface area contributed by atoms with E-state index in [0.717, 1.165) is 23.2 Å². The number of fused-ring (bicyclic) bond motifs is 1. The van der Waals surface area contributed by atoms with Crippen LogP contribution in [0.3, 0.4) is 0 Å². The maximum Gasteiger partial charge on any atom is 0.263 e. The highest BCUT2D eigenvalue weighted by Crippen LogP contribution is 2.32. The standard InChI is InChI=1S/C13H18N4OS/c1-3-17(2)7-6-16-13(18)12-11(14)9-4-5-15-8-10(9)19-12/h4-5,8H,3,6-7,14H2,1-2H3,(H,16,18). The maximum absolute atomic E-state index is 12.1. The number of hydrogen-bond acceptors (Lipinski definition) is 5. The van der Waals surface area contributed by atoms with Crippen LogP contribution in [-0.4, -0.2) is 42.5 Å². The van der Waals surface area contributed by atoms with Crippen LogP contribution in [0.5, 0.6) is 0 Å². The van der Waals surface area contributed by atoms with Gasteiger partial charge in [-0.3, -0.25) is 9.78 Å². The molecule has 102 valence electrons. The van der Waals surface area contributed by atoms with Gasteiger partial charge in [0.2, 0.25) is 0 Å². The zero-order valence-corrected chi connectivity index (χ0v) is 12.0. The molecule has 0 saturated carbocycles. The molecule has 2 aromatic heterocycles. The van der Waals surface area contributed by atoms with E-state index in [1.165, 1.54) is 11.3 Å². The van der Waals surface area contributed by atoms with Gasteiger partial charge in [-0.2, -0.15) is 0 Å². The molecule has 0 atom stereocenters. The van der Waals surface area contributed by atoms with Crippen LogP contribution in [-0.2, 0) is 0 Å². The average Bonchev–Trinajstić information content (AvgIpc) is 2.76. The Morgan fingerprint density at radius 3 is 3.05 bits per heavy atom. The molecule has 0 aliphatic heterocycles. The number of amides is 1. The van der Waals surface area contributed by atoms with Crippen molar-refractivity contribution in [2.45, 2.75) is 6.92 Å². The Balaban J connectivity index is 2.07. The minimum absolute atomic E-state index is 0.108. The van der Waals surface area contributed by atoms with Crippen LogP contribution in [0.15, 0.2) is 18.5 Å². The quantitative estimate of drug-likeness (QED) is 0.870. The van der Waals surface area contributed by atoms with Crippen LogP contribution < -0.4 is 11.1 Å². The van der Waals surface area contributed by atoms with Crippen LogP contribution >= 0.6 is 11.3 Å². The third-order valence-electron chi connectivity index (χ3n) is 3.06. The first-order chi connectivity index (χ1) is 9.13. The summed E-state index contributed by atoms with van der Waals surface area (Å²) in [6, 6.07) is 1.84. The van der Waals surface area contributed by atoms with E-state index in [0.29, 0.717) is 17.1 Å². The lowest BCUT2D eigenvalue weighted by Gasteiger charge is -2.13. The van der Waals surface area contributed by atoms with Crippen LogP contribution in [0.1, 0.15) is 16.6 Å². The minimum Gasteiger partial charge on any atom is -0.397 e. The fourth-order valence-electron chi connectivity index (χ4n) is 1.74. The molecule has 6 heteroatoms. The van der Waals surface area contributed by atoms with Gasteiger partial charge < -0.3 is 16.0 Å². The SMILES string of the molecule is CCN(C)CCNC(=O)c1sc2cnccc2c1N. The maximum atomic E-state index is 12.1. The van der Waals surface area contributed by atoms with E-state index in [4.69, 9.17) is 5.73 Å². The number of carbonyl (C=O) groups is 1. The molecule has 0 bridgehead atoms. The van der Waals surface area contributed by atoms with Crippen molar-refractivity contribution in [2.75, 3.05) is 32.4 Å². The topological polar surface area (TPSA) is 71.2 Å². The molecule has 0 aliphatic carbocycles. The summed E-state index contributed by atoms with van der Waals surface area (Å²) >= 11 is 1.38. The summed E-state index contributed by atoms with van der Waals surface area (Å²) in [7, 11) is 2.02. The number of rotatable bonds is 5. The number of nitrogen functional groups attached to an aromatic ring is 1. The van der Waals surface area contributed by atoms with Crippen molar-refractivity contribution in [3.8, 4) is 0 Å². The third kappa shape index (κ3) is 3.02. The number of anilines is 1. The number of pyridine rings is 1. The number of nitrogens with zero attached hydrogens (tertiary/aromatic N) is 2. The minimum atomic E-state index is -0.108. The first-order valence-corrected chi connectivity index (χ1v) is 7.03. The number of aromatic nitrogens is 1. The van der Waals surface area contributed by atoms with Gasteiger partial charge >= 0.3 is 0 Å². The predicted molar refractivity (Wildman–Crippen MR) is 79.5 cm³/mol.